The highest BCUT2D eigenvalue weighted by Gasteiger charge is 2.22. The second-order valence-electron chi connectivity index (χ2n) is 5.44. The fourth-order valence-electron chi connectivity index (χ4n) is 2.41. The molecular weight excluding hydrogens is 309 g/mol. The zero-order chi connectivity index (χ0) is 17.5. The molecule has 0 aliphatic rings. The smallest absolute Gasteiger partial charge is 0.261 e. The number of carbonyl (C=O) groups is 1. The van der Waals surface area contributed by atoms with E-state index in [1.165, 1.54) is 24.3 Å². The molecule has 0 unspecified atom stereocenters. The molecule has 0 fully saturated rings. The number of hydrogen-bond acceptors (Lipinski definition) is 3. The van der Waals surface area contributed by atoms with Gasteiger partial charge in [0.05, 0.1) is 13.2 Å². The zero-order valence-electron chi connectivity index (χ0n) is 14.1. The maximum Gasteiger partial charge on any atom is 0.261 e. The molecule has 0 aliphatic carbocycles. The summed E-state index contributed by atoms with van der Waals surface area (Å²) >= 11 is 0. The number of methoxy groups -OCH3 is 1. The van der Waals surface area contributed by atoms with Crippen molar-refractivity contribution in [1.82, 2.24) is 5.32 Å². The largest absolute Gasteiger partial charge is 0.496 e. The quantitative estimate of drug-likeness (QED) is 0.838. The lowest BCUT2D eigenvalue weighted by Gasteiger charge is -2.22. The molecular formula is C19H22FNO3. The third kappa shape index (κ3) is 4.47. The topological polar surface area (TPSA) is 47.6 Å². The Balaban J connectivity index is 2.04. The van der Waals surface area contributed by atoms with Gasteiger partial charge in [0.15, 0.2) is 6.10 Å². The molecule has 0 spiro atoms. The van der Waals surface area contributed by atoms with Crippen LogP contribution in [0.1, 0.15) is 31.9 Å². The summed E-state index contributed by atoms with van der Waals surface area (Å²) in [6.45, 7) is 3.75. The van der Waals surface area contributed by atoms with E-state index in [0.29, 0.717) is 12.2 Å². The third-order valence-electron chi connectivity index (χ3n) is 3.72. The number of ether oxygens (including phenoxy) is 2. The maximum atomic E-state index is 12.9. The molecule has 1 N–H and O–H groups in total. The van der Waals surface area contributed by atoms with Crippen LogP contribution in [-0.2, 0) is 4.79 Å². The highest BCUT2D eigenvalue weighted by Crippen LogP contribution is 2.24. The summed E-state index contributed by atoms with van der Waals surface area (Å²) in [4.78, 5) is 12.5. The Morgan fingerprint density at radius 3 is 2.46 bits per heavy atom. The predicted molar refractivity (Wildman–Crippen MR) is 90.7 cm³/mol. The summed E-state index contributed by atoms with van der Waals surface area (Å²) in [5, 5.41) is 2.94. The standard InChI is InChI=1S/C19H22FNO3/c1-4-17(24-15-11-9-14(20)10-12-15)19(22)21-13(2)16-7-5-6-8-18(16)23-3/h5-13,17H,4H2,1-3H3,(H,21,22)/t13-,17-/m1/s1. The molecule has 0 heterocycles. The first kappa shape index (κ1) is 17.8. The second-order valence-corrected chi connectivity index (χ2v) is 5.44. The van der Waals surface area contributed by atoms with Gasteiger partial charge in [-0.1, -0.05) is 25.1 Å². The summed E-state index contributed by atoms with van der Waals surface area (Å²) in [6.07, 6.45) is -0.144. The fraction of sp³-hybridized carbons (Fsp3) is 0.316. The van der Waals surface area contributed by atoms with E-state index in [-0.39, 0.29) is 17.8 Å². The van der Waals surface area contributed by atoms with Crippen molar-refractivity contribution in [2.45, 2.75) is 32.4 Å². The Morgan fingerprint density at radius 2 is 1.83 bits per heavy atom. The minimum absolute atomic E-state index is 0.222. The highest BCUT2D eigenvalue weighted by molar-refractivity contribution is 5.81. The number of carbonyl (C=O) groups excluding carboxylic acids is 1. The van der Waals surface area contributed by atoms with E-state index >= 15 is 0 Å². The molecule has 2 atom stereocenters. The molecule has 2 aromatic rings. The van der Waals surface area contributed by atoms with Crippen LogP contribution in [0, 0.1) is 5.82 Å². The number of halogens is 1. The van der Waals surface area contributed by atoms with E-state index in [1.807, 2.05) is 38.1 Å². The minimum Gasteiger partial charge on any atom is -0.496 e. The first-order valence-corrected chi connectivity index (χ1v) is 7.90. The van der Waals surface area contributed by atoms with Crippen LogP contribution in [0.5, 0.6) is 11.5 Å². The van der Waals surface area contributed by atoms with Gasteiger partial charge in [-0.15, -0.1) is 0 Å². The van der Waals surface area contributed by atoms with Crippen LogP contribution in [0.4, 0.5) is 4.39 Å². The van der Waals surface area contributed by atoms with Gasteiger partial charge in [-0.2, -0.15) is 0 Å². The normalized spacial score (nSPS) is 13.0. The van der Waals surface area contributed by atoms with Crippen molar-refractivity contribution in [2.24, 2.45) is 0 Å². The third-order valence-corrected chi connectivity index (χ3v) is 3.72. The molecule has 0 saturated heterocycles. The summed E-state index contributed by atoms with van der Waals surface area (Å²) in [5.41, 5.74) is 0.894. The number of para-hydroxylation sites is 1. The van der Waals surface area contributed by atoms with Crippen LogP contribution in [0.15, 0.2) is 48.5 Å². The van der Waals surface area contributed by atoms with Crippen LogP contribution in [-0.4, -0.2) is 19.1 Å². The Bertz CT molecular complexity index is 673. The fourth-order valence-corrected chi connectivity index (χ4v) is 2.41. The average Bonchev–Trinajstić information content (AvgIpc) is 2.60. The first-order valence-electron chi connectivity index (χ1n) is 7.90. The molecule has 0 radical (unpaired) electrons. The van der Waals surface area contributed by atoms with Crippen molar-refractivity contribution in [1.29, 1.82) is 0 Å². The van der Waals surface area contributed by atoms with Crippen molar-refractivity contribution in [2.75, 3.05) is 7.11 Å². The first-order chi connectivity index (χ1) is 11.5. The van der Waals surface area contributed by atoms with Gasteiger partial charge < -0.3 is 14.8 Å². The van der Waals surface area contributed by atoms with E-state index in [1.54, 1.807) is 7.11 Å². The Hall–Kier alpha value is -2.56. The van der Waals surface area contributed by atoms with E-state index in [2.05, 4.69) is 5.32 Å². The highest BCUT2D eigenvalue weighted by atomic mass is 19.1. The summed E-state index contributed by atoms with van der Waals surface area (Å²) in [7, 11) is 1.60. The Morgan fingerprint density at radius 1 is 1.17 bits per heavy atom. The van der Waals surface area contributed by atoms with E-state index in [0.717, 1.165) is 11.3 Å². The molecule has 4 nitrogen and oxygen atoms in total. The Kier molecular flexibility index (Phi) is 6.18. The number of benzene rings is 2. The average molecular weight is 331 g/mol. The van der Waals surface area contributed by atoms with Crippen LogP contribution < -0.4 is 14.8 Å². The number of rotatable bonds is 7. The maximum absolute atomic E-state index is 12.9. The lowest BCUT2D eigenvalue weighted by molar-refractivity contribution is -0.128. The minimum atomic E-state index is -0.646. The van der Waals surface area contributed by atoms with E-state index < -0.39 is 6.10 Å². The monoisotopic (exact) mass is 331 g/mol. The molecule has 2 aromatic carbocycles. The van der Waals surface area contributed by atoms with Crippen LogP contribution in [0.2, 0.25) is 0 Å². The van der Waals surface area contributed by atoms with Crippen molar-refractivity contribution in [3.8, 4) is 11.5 Å². The number of hydrogen-bond donors (Lipinski definition) is 1. The van der Waals surface area contributed by atoms with Gasteiger partial charge in [0.25, 0.3) is 5.91 Å². The Labute approximate surface area is 141 Å². The SMILES string of the molecule is CC[C@@H](Oc1ccc(F)cc1)C(=O)N[C@H](C)c1ccccc1OC. The number of amides is 1. The molecule has 1 amide bonds. The molecule has 0 saturated carbocycles. The molecule has 0 aliphatic heterocycles. The zero-order valence-corrected chi connectivity index (χ0v) is 14.1. The van der Waals surface area contributed by atoms with Crippen LogP contribution in [0.3, 0.4) is 0 Å². The van der Waals surface area contributed by atoms with Gasteiger partial charge in [-0.05, 0) is 43.7 Å². The molecule has 5 heteroatoms. The van der Waals surface area contributed by atoms with Crippen molar-refractivity contribution in [3.05, 3.63) is 59.9 Å². The van der Waals surface area contributed by atoms with Crippen LogP contribution >= 0.6 is 0 Å². The van der Waals surface area contributed by atoms with E-state index in [4.69, 9.17) is 9.47 Å². The summed E-state index contributed by atoms with van der Waals surface area (Å²) < 4.78 is 23.9. The number of nitrogens with one attached hydrogen (secondary N) is 1. The van der Waals surface area contributed by atoms with Crippen molar-refractivity contribution < 1.29 is 18.7 Å². The summed E-state index contributed by atoms with van der Waals surface area (Å²) in [5.74, 6) is 0.617. The molecule has 0 aromatic heterocycles. The van der Waals surface area contributed by atoms with Crippen molar-refractivity contribution in [3.63, 3.8) is 0 Å². The van der Waals surface area contributed by atoms with Gasteiger partial charge in [0, 0.05) is 5.56 Å². The van der Waals surface area contributed by atoms with Gasteiger partial charge in [-0.25, -0.2) is 4.39 Å². The van der Waals surface area contributed by atoms with Gasteiger partial charge >= 0.3 is 0 Å². The van der Waals surface area contributed by atoms with E-state index in [9.17, 15) is 9.18 Å². The molecule has 2 rings (SSSR count). The predicted octanol–water partition coefficient (Wildman–Crippen LogP) is 3.87. The van der Waals surface area contributed by atoms with Crippen LogP contribution in [0.25, 0.3) is 0 Å². The lowest BCUT2D eigenvalue weighted by Crippen LogP contribution is -2.39. The molecule has 128 valence electrons. The molecule has 24 heavy (non-hydrogen) atoms. The molecule has 0 bridgehead atoms. The van der Waals surface area contributed by atoms with Gasteiger partial charge in [0.1, 0.15) is 17.3 Å². The van der Waals surface area contributed by atoms with Gasteiger partial charge in [-0.3, -0.25) is 4.79 Å². The summed E-state index contributed by atoms with van der Waals surface area (Å²) in [6, 6.07) is 12.9. The van der Waals surface area contributed by atoms with Crippen molar-refractivity contribution >= 4 is 5.91 Å². The second kappa shape index (κ2) is 8.34. The van der Waals surface area contributed by atoms with Gasteiger partial charge in [0.2, 0.25) is 0 Å². The lowest BCUT2D eigenvalue weighted by atomic mass is 10.1.